The largest absolute Gasteiger partial charge is 0.496 e. The van der Waals surface area contributed by atoms with Gasteiger partial charge < -0.3 is 9.64 Å². The zero-order valence-corrected chi connectivity index (χ0v) is 10.3. The number of methoxy groups -OCH3 is 1. The molecule has 0 bridgehead atoms. The summed E-state index contributed by atoms with van der Waals surface area (Å²) >= 11 is 0. The lowest BCUT2D eigenvalue weighted by atomic mass is 10.1. The summed E-state index contributed by atoms with van der Waals surface area (Å²) < 4.78 is 5.27. The first-order chi connectivity index (χ1) is 8.24. The van der Waals surface area contributed by atoms with E-state index in [1.165, 1.54) is 0 Å². The molecule has 0 saturated heterocycles. The summed E-state index contributed by atoms with van der Waals surface area (Å²) in [5, 5.41) is 0. The second-order valence-corrected chi connectivity index (χ2v) is 4.12. The van der Waals surface area contributed by atoms with Crippen LogP contribution >= 0.6 is 0 Å². The molecule has 0 radical (unpaired) electrons. The van der Waals surface area contributed by atoms with E-state index in [9.17, 15) is 4.79 Å². The van der Waals surface area contributed by atoms with E-state index in [1.807, 2.05) is 18.2 Å². The van der Waals surface area contributed by atoms with E-state index < -0.39 is 0 Å². The Kier molecular flexibility index (Phi) is 3.47. The third-order valence-corrected chi connectivity index (χ3v) is 2.98. The molecule has 3 heteroatoms. The number of nitrogens with zero attached hydrogens (tertiary/aromatic N) is 1. The molecule has 17 heavy (non-hydrogen) atoms. The molecule has 0 unspecified atom stereocenters. The molecule has 1 aliphatic heterocycles. The highest BCUT2D eigenvalue weighted by molar-refractivity contribution is 6.02. The van der Waals surface area contributed by atoms with E-state index in [1.54, 1.807) is 14.0 Å². The number of rotatable bonds is 3. The average molecular weight is 231 g/mol. The minimum Gasteiger partial charge on any atom is -0.496 e. The Balaban J connectivity index is 2.45. The molecule has 0 aliphatic carbocycles. The van der Waals surface area contributed by atoms with Gasteiger partial charge in [0, 0.05) is 13.1 Å². The van der Waals surface area contributed by atoms with Gasteiger partial charge in [0.1, 0.15) is 5.75 Å². The molecule has 90 valence electrons. The monoisotopic (exact) mass is 231 g/mol. The number of Topliss-reactive ketones (excluding diaryl/α,β-unsaturated/α-hetero) is 1. The lowest BCUT2D eigenvalue weighted by molar-refractivity contribution is 0.101. The minimum atomic E-state index is 0.0482. The van der Waals surface area contributed by atoms with Gasteiger partial charge in [0.25, 0.3) is 0 Å². The van der Waals surface area contributed by atoms with E-state index in [0.717, 1.165) is 25.2 Å². The van der Waals surface area contributed by atoms with Crippen LogP contribution < -0.4 is 9.64 Å². The fourth-order valence-electron chi connectivity index (χ4n) is 2.17. The lowest BCUT2D eigenvalue weighted by Gasteiger charge is -2.28. The van der Waals surface area contributed by atoms with Crippen molar-refractivity contribution < 1.29 is 9.53 Å². The molecule has 0 saturated carbocycles. The molecule has 1 aliphatic rings. The van der Waals surface area contributed by atoms with E-state index in [2.05, 4.69) is 17.1 Å². The highest BCUT2D eigenvalue weighted by Crippen LogP contribution is 2.30. The fourth-order valence-corrected chi connectivity index (χ4v) is 2.17. The predicted molar refractivity (Wildman–Crippen MR) is 69.0 cm³/mol. The molecule has 0 N–H and O–H groups in total. The van der Waals surface area contributed by atoms with Crippen molar-refractivity contribution in [2.45, 2.75) is 13.3 Å². The number of anilines is 1. The zero-order chi connectivity index (χ0) is 12.3. The van der Waals surface area contributed by atoms with Crippen LogP contribution in [0.15, 0.2) is 30.4 Å². The number of ether oxygens (including phenoxy) is 1. The van der Waals surface area contributed by atoms with Gasteiger partial charge in [-0.2, -0.15) is 0 Å². The van der Waals surface area contributed by atoms with Gasteiger partial charge in [0.15, 0.2) is 5.78 Å². The second-order valence-electron chi connectivity index (χ2n) is 4.12. The average Bonchev–Trinajstić information content (AvgIpc) is 2.38. The van der Waals surface area contributed by atoms with Crippen molar-refractivity contribution in [1.29, 1.82) is 0 Å². The predicted octanol–water partition coefficient (Wildman–Crippen LogP) is 2.66. The van der Waals surface area contributed by atoms with Crippen molar-refractivity contribution in [2.24, 2.45) is 0 Å². The molecule has 0 atom stereocenters. The van der Waals surface area contributed by atoms with Crippen LogP contribution in [0.2, 0.25) is 0 Å². The molecule has 2 rings (SSSR count). The van der Waals surface area contributed by atoms with Gasteiger partial charge in [-0.25, -0.2) is 0 Å². The number of hydrogen-bond acceptors (Lipinski definition) is 3. The molecule has 0 fully saturated rings. The number of carbonyl (C=O) groups excluding carboxylic acids is 1. The fraction of sp³-hybridized carbons (Fsp3) is 0.357. The van der Waals surface area contributed by atoms with Gasteiger partial charge in [0.05, 0.1) is 18.4 Å². The van der Waals surface area contributed by atoms with Gasteiger partial charge >= 0.3 is 0 Å². The van der Waals surface area contributed by atoms with Gasteiger partial charge in [-0.05, 0) is 25.5 Å². The Morgan fingerprint density at radius 2 is 2.18 bits per heavy atom. The molecule has 1 aromatic rings. The first-order valence-electron chi connectivity index (χ1n) is 5.82. The molecule has 3 nitrogen and oxygen atoms in total. The highest BCUT2D eigenvalue weighted by Gasteiger charge is 2.18. The third-order valence-electron chi connectivity index (χ3n) is 2.98. The Hall–Kier alpha value is -1.77. The van der Waals surface area contributed by atoms with E-state index in [0.29, 0.717) is 11.3 Å². The topological polar surface area (TPSA) is 29.5 Å². The summed E-state index contributed by atoms with van der Waals surface area (Å²) in [5.74, 6) is 0.705. The van der Waals surface area contributed by atoms with Crippen LogP contribution in [-0.4, -0.2) is 26.0 Å². The molecule has 0 amide bonds. The van der Waals surface area contributed by atoms with Crippen molar-refractivity contribution in [3.63, 3.8) is 0 Å². The van der Waals surface area contributed by atoms with Crippen LogP contribution in [0.5, 0.6) is 5.75 Å². The van der Waals surface area contributed by atoms with Crippen molar-refractivity contribution in [1.82, 2.24) is 0 Å². The van der Waals surface area contributed by atoms with Gasteiger partial charge in [-0.1, -0.05) is 18.2 Å². The number of hydrogen-bond donors (Lipinski definition) is 0. The maximum Gasteiger partial charge on any atom is 0.165 e. The summed E-state index contributed by atoms with van der Waals surface area (Å²) in [7, 11) is 1.60. The Labute approximate surface area is 102 Å². The van der Waals surface area contributed by atoms with Gasteiger partial charge in [-0.3, -0.25) is 4.79 Å². The maximum absolute atomic E-state index is 11.8. The summed E-state index contributed by atoms with van der Waals surface area (Å²) in [6.45, 7) is 3.39. The van der Waals surface area contributed by atoms with E-state index >= 15 is 0 Å². The third kappa shape index (κ3) is 2.33. The van der Waals surface area contributed by atoms with Crippen molar-refractivity contribution in [3.8, 4) is 5.75 Å². The first kappa shape index (κ1) is 11.7. The molecule has 1 aromatic carbocycles. The van der Waals surface area contributed by atoms with Crippen LogP contribution in [0.1, 0.15) is 23.7 Å². The standard InChI is InChI=1S/C14H17NO2/c1-11(16)14-12(7-6-8-13(14)17-2)15-9-4-3-5-10-15/h3-4,6-8H,5,9-10H2,1-2H3. The smallest absolute Gasteiger partial charge is 0.165 e. The Morgan fingerprint density at radius 1 is 1.35 bits per heavy atom. The molecule has 0 aromatic heterocycles. The summed E-state index contributed by atoms with van der Waals surface area (Å²) in [6, 6.07) is 5.75. The normalized spacial score (nSPS) is 14.8. The van der Waals surface area contributed by atoms with Crippen molar-refractivity contribution >= 4 is 11.5 Å². The molecule has 1 heterocycles. The SMILES string of the molecule is COc1cccc(N2CC=CCC2)c1C(C)=O. The first-order valence-corrected chi connectivity index (χ1v) is 5.82. The summed E-state index contributed by atoms with van der Waals surface area (Å²) in [6.07, 6.45) is 5.32. The van der Waals surface area contributed by atoms with Crippen LogP contribution in [0.4, 0.5) is 5.69 Å². The number of benzene rings is 1. The van der Waals surface area contributed by atoms with E-state index in [-0.39, 0.29) is 5.78 Å². The van der Waals surface area contributed by atoms with Gasteiger partial charge in [-0.15, -0.1) is 0 Å². The van der Waals surface area contributed by atoms with Crippen LogP contribution in [0.25, 0.3) is 0 Å². The van der Waals surface area contributed by atoms with Gasteiger partial charge in [0.2, 0.25) is 0 Å². The minimum absolute atomic E-state index is 0.0482. The van der Waals surface area contributed by atoms with Crippen molar-refractivity contribution in [2.75, 3.05) is 25.1 Å². The summed E-state index contributed by atoms with van der Waals surface area (Å²) in [5.41, 5.74) is 1.66. The van der Waals surface area contributed by atoms with Crippen molar-refractivity contribution in [3.05, 3.63) is 35.9 Å². The molecule has 0 spiro atoms. The zero-order valence-electron chi connectivity index (χ0n) is 10.3. The highest BCUT2D eigenvalue weighted by atomic mass is 16.5. The Morgan fingerprint density at radius 3 is 2.76 bits per heavy atom. The quantitative estimate of drug-likeness (QED) is 0.591. The van der Waals surface area contributed by atoms with Crippen LogP contribution in [-0.2, 0) is 0 Å². The second kappa shape index (κ2) is 5.04. The Bertz CT molecular complexity index is 452. The summed E-state index contributed by atoms with van der Waals surface area (Å²) in [4.78, 5) is 14.0. The maximum atomic E-state index is 11.8. The van der Waals surface area contributed by atoms with Crippen LogP contribution in [0.3, 0.4) is 0 Å². The lowest BCUT2D eigenvalue weighted by Crippen LogP contribution is -2.28. The number of ketones is 1. The molecular formula is C14H17NO2. The molecular weight excluding hydrogens is 214 g/mol. The van der Waals surface area contributed by atoms with E-state index in [4.69, 9.17) is 4.74 Å². The van der Waals surface area contributed by atoms with Crippen LogP contribution in [0, 0.1) is 0 Å². The number of carbonyl (C=O) groups is 1.